The molecule has 0 radical (unpaired) electrons. The van der Waals surface area contributed by atoms with Gasteiger partial charge in [-0.25, -0.2) is 13.1 Å². The van der Waals surface area contributed by atoms with Crippen LogP contribution in [0.1, 0.15) is 5.56 Å². The first-order chi connectivity index (χ1) is 15.4. The summed E-state index contributed by atoms with van der Waals surface area (Å²) in [5, 5.41) is 9.46. The number of benzene rings is 2. The average molecular weight is 465 g/mol. The van der Waals surface area contributed by atoms with Gasteiger partial charge in [-0.2, -0.15) is 5.10 Å². The predicted molar refractivity (Wildman–Crippen MR) is 129 cm³/mol. The minimum atomic E-state index is -3.35. The Kier molecular flexibility index (Phi) is 6.20. The van der Waals surface area contributed by atoms with E-state index >= 15 is 0 Å². The Morgan fingerprint density at radius 2 is 1.72 bits per heavy atom. The molecule has 0 aliphatic carbocycles. The molecule has 2 aromatic heterocycles. The standard InChI is InChI=1S/C23H20N4O3S2/c1-32(29,30)26-19-12-10-18(11-13-19)24-22(28)14-9-17-16-27(20-6-3-2-4-7-20)25-23(17)21-8-5-15-31-21/h2-16,26H,1H3,(H,24,28)/b14-9+. The topological polar surface area (TPSA) is 93.1 Å². The number of hydrogen-bond acceptors (Lipinski definition) is 5. The minimum Gasteiger partial charge on any atom is -0.323 e. The second kappa shape index (κ2) is 9.21. The maximum absolute atomic E-state index is 12.4. The molecule has 0 bridgehead atoms. The molecule has 2 aromatic carbocycles. The highest BCUT2D eigenvalue weighted by atomic mass is 32.2. The molecule has 7 nitrogen and oxygen atoms in total. The van der Waals surface area contributed by atoms with E-state index in [1.165, 1.54) is 6.08 Å². The van der Waals surface area contributed by atoms with Crippen LogP contribution in [0.4, 0.5) is 11.4 Å². The van der Waals surface area contributed by atoms with Gasteiger partial charge in [-0.3, -0.25) is 9.52 Å². The van der Waals surface area contributed by atoms with Gasteiger partial charge in [0, 0.05) is 29.2 Å². The summed E-state index contributed by atoms with van der Waals surface area (Å²) >= 11 is 1.58. The molecule has 2 N–H and O–H groups in total. The maximum atomic E-state index is 12.4. The summed E-state index contributed by atoms with van der Waals surface area (Å²) < 4.78 is 26.8. The van der Waals surface area contributed by atoms with E-state index in [0.29, 0.717) is 11.4 Å². The number of amides is 1. The van der Waals surface area contributed by atoms with Crippen LogP contribution in [0.5, 0.6) is 0 Å². The van der Waals surface area contributed by atoms with Crippen LogP contribution in [0.2, 0.25) is 0 Å². The number of rotatable bonds is 7. The highest BCUT2D eigenvalue weighted by Crippen LogP contribution is 2.28. The number of nitrogens with zero attached hydrogens (tertiary/aromatic N) is 2. The van der Waals surface area contributed by atoms with E-state index in [1.54, 1.807) is 46.4 Å². The number of anilines is 2. The van der Waals surface area contributed by atoms with Crippen molar-refractivity contribution in [2.45, 2.75) is 0 Å². The van der Waals surface area contributed by atoms with Crippen molar-refractivity contribution in [3.63, 3.8) is 0 Å². The smallest absolute Gasteiger partial charge is 0.248 e. The molecule has 1 amide bonds. The normalized spacial score (nSPS) is 11.5. The lowest BCUT2D eigenvalue weighted by molar-refractivity contribution is -0.111. The van der Waals surface area contributed by atoms with E-state index in [9.17, 15) is 13.2 Å². The molecule has 0 unspecified atom stereocenters. The van der Waals surface area contributed by atoms with Crippen LogP contribution in [-0.4, -0.2) is 30.4 Å². The molecule has 2 heterocycles. The summed E-state index contributed by atoms with van der Waals surface area (Å²) in [4.78, 5) is 13.4. The Hall–Kier alpha value is -3.69. The van der Waals surface area contributed by atoms with E-state index < -0.39 is 10.0 Å². The van der Waals surface area contributed by atoms with Crippen LogP contribution >= 0.6 is 11.3 Å². The van der Waals surface area contributed by atoms with Gasteiger partial charge in [-0.1, -0.05) is 24.3 Å². The van der Waals surface area contributed by atoms with Crippen LogP contribution in [-0.2, 0) is 14.8 Å². The van der Waals surface area contributed by atoms with Crippen LogP contribution < -0.4 is 10.0 Å². The molecule has 32 heavy (non-hydrogen) atoms. The summed E-state index contributed by atoms with van der Waals surface area (Å²) in [6, 6.07) is 20.1. The molecule has 0 spiro atoms. The first kappa shape index (κ1) is 21.5. The zero-order valence-electron chi connectivity index (χ0n) is 17.1. The van der Waals surface area contributed by atoms with Crippen LogP contribution in [0, 0.1) is 0 Å². The summed E-state index contributed by atoms with van der Waals surface area (Å²) in [5.41, 5.74) is 3.52. The second-order valence-corrected chi connectivity index (χ2v) is 9.66. The van der Waals surface area contributed by atoms with Crippen molar-refractivity contribution < 1.29 is 13.2 Å². The largest absolute Gasteiger partial charge is 0.323 e. The number of carbonyl (C=O) groups excluding carboxylic acids is 1. The summed E-state index contributed by atoms with van der Waals surface area (Å²) in [7, 11) is -3.35. The van der Waals surface area contributed by atoms with E-state index in [4.69, 9.17) is 5.10 Å². The van der Waals surface area contributed by atoms with Gasteiger partial charge in [0.1, 0.15) is 5.69 Å². The number of aromatic nitrogens is 2. The molecule has 0 fully saturated rings. The Labute approximate surface area is 190 Å². The van der Waals surface area contributed by atoms with E-state index in [2.05, 4.69) is 10.0 Å². The zero-order chi connectivity index (χ0) is 22.6. The third-order valence-corrected chi connectivity index (χ3v) is 5.87. The molecule has 0 aliphatic heterocycles. The van der Waals surface area contributed by atoms with E-state index in [-0.39, 0.29) is 5.91 Å². The molecule has 0 aliphatic rings. The fraction of sp³-hybridized carbons (Fsp3) is 0.0435. The third kappa shape index (κ3) is 5.51. The molecular formula is C23H20N4O3S2. The lowest BCUT2D eigenvalue weighted by atomic mass is 10.2. The van der Waals surface area contributed by atoms with Crippen LogP contribution in [0.15, 0.2) is 84.4 Å². The van der Waals surface area contributed by atoms with Gasteiger partial charge in [-0.05, 0) is 53.9 Å². The first-order valence-corrected chi connectivity index (χ1v) is 12.4. The Morgan fingerprint density at radius 1 is 1.00 bits per heavy atom. The summed E-state index contributed by atoms with van der Waals surface area (Å²) in [6.45, 7) is 0. The number of carbonyl (C=O) groups is 1. The second-order valence-electron chi connectivity index (χ2n) is 6.96. The average Bonchev–Trinajstić information content (AvgIpc) is 3.43. The number of thiophene rings is 1. The van der Waals surface area contributed by atoms with Gasteiger partial charge in [0.2, 0.25) is 15.9 Å². The fourth-order valence-electron chi connectivity index (χ4n) is 3.01. The molecule has 0 atom stereocenters. The van der Waals surface area contributed by atoms with Crippen molar-refractivity contribution in [3.05, 3.63) is 89.9 Å². The van der Waals surface area contributed by atoms with Crippen molar-refractivity contribution in [2.24, 2.45) is 0 Å². The number of sulfonamides is 1. The predicted octanol–water partition coefficient (Wildman–Crippen LogP) is 4.62. The number of nitrogens with one attached hydrogen (secondary N) is 2. The van der Waals surface area contributed by atoms with Gasteiger partial charge >= 0.3 is 0 Å². The Morgan fingerprint density at radius 3 is 2.38 bits per heavy atom. The van der Waals surface area contributed by atoms with Crippen molar-refractivity contribution in [2.75, 3.05) is 16.3 Å². The molecule has 162 valence electrons. The summed E-state index contributed by atoms with van der Waals surface area (Å²) in [6.07, 6.45) is 6.15. The summed E-state index contributed by atoms with van der Waals surface area (Å²) in [5.74, 6) is -0.307. The van der Waals surface area contributed by atoms with Crippen molar-refractivity contribution in [1.29, 1.82) is 0 Å². The number of hydrogen-bond donors (Lipinski definition) is 2. The monoisotopic (exact) mass is 464 g/mol. The molecular weight excluding hydrogens is 444 g/mol. The van der Waals surface area contributed by atoms with E-state index in [1.807, 2.05) is 54.0 Å². The zero-order valence-corrected chi connectivity index (χ0v) is 18.7. The fourth-order valence-corrected chi connectivity index (χ4v) is 4.31. The number of para-hydroxylation sites is 1. The first-order valence-electron chi connectivity index (χ1n) is 9.63. The molecule has 0 saturated heterocycles. The SMILES string of the molecule is CS(=O)(=O)Nc1ccc(NC(=O)/C=C/c2cn(-c3ccccc3)nc2-c2cccs2)cc1. The Balaban J connectivity index is 1.52. The van der Waals surface area contributed by atoms with Crippen LogP contribution in [0.25, 0.3) is 22.3 Å². The van der Waals surface area contributed by atoms with Gasteiger partial charge in [0.25, 0.3) is 0 Å². The lowest BCUT2D eigenvalue weighted by Gasteiger charge is -2.06. The van der Waals surface area contributed by atoms with Gasteiger partial charge in [-0.15, -0.1) is 11.3 Å². The van der Waals surface area contributed by atoms with E-state index in [0.717, 1.165) is 28.1 Å². The Bertz CT molecular complexity index is 1340. The molecule has 9 heteroatoms. The van der Waals surface area contributed by atoms with Gasteiger partial charge in [0.15, 0.2) is 0 Å². The van der Waals surface area contributed by atoms with Gasteiger partial charge in [0.05, 0.1) is 16.8 Å². The minimum absolute atomic E-state index is 0.307. The molecule has 0 saturated carbocycles. The van der Waals surface area contributed by atoms with Gasteiger partial charge < -0.3 is 5.32 Å². The van der Waals surface area contributed by atoms with Crippen LogP contribution in [0.3, 0.4) is 0 Å². The quantitative estimate of drug-likeness (QED) is 0.390. The maximum Gasteiger partial charge on any atom is 0.248 e. The lowest BCUT2D eigenvalue weighted by Crippen LogP contribution is -2.10. The molecule has 4 rings (SSSR count). The van der Waals surface area contributed by atoms with Crippen molar-refractivity contribution >= 4 is 44.7 Å². The highest BCUT2D eigenvalue weighted by molar-refractivity contribution is 7.92. The third-order valence-electron chi connectivity index (χ3n) is 4.39. The van der Waals surface area contributed by atoms with Crippen molar-refractivity contribution in [1.82, 2.24) is 9.78 Å². The molecule has 4 aromatic rings. The highest BCUT2D eigenvalue weighted by Gasteiger charge is 2.12. The van der Waals surface area contributed by atoms with Crippen molar-refractivity contribution in [3.8, 4) is 16.3 Å².